The highest BCUT2D eigenvalue weighted by Gasteiger charge is 2.26. The van der Waals surface area contributed by atoms with Crippen molar-refractivity contribution < 1.29 is 19.0 Å². The van der Waals surface area contributed by atoms with Crippen molar-refractivity contribution in [2.24, 2.45) is 5.92 Å². The zero-order valence-electron chi connectivity index (χ0n) is 14.1. The number of carbonyl (C=O) groups excluding carboxylic acids is 1. The van der Waals surface area contributed by atoms with Gasteiger partial charge in [0.05, 0.1) is 20.1 Å². The van der Waals surface area contributed by atoms with Crippen molar-refractivity contribution in [2.75, 3.05) is 26.1 Å². The van der Waals surface area contributed by atoms with Gasteiger partial charge in [-0.1, -0.05) is 18.2 Å². The fourth-order valence-corrected chi connectivity index (χ4v) is 2.85. The summed E-state index contributed by atoms with van der Waals surface area (Å²) in [5, 5.41) is 2.98. The summed E-state index contributed by atoms with van der Waals surface area (Å²) in [5.41, 5.74) is 2.70. The zero-order valence-corrected chi connectivity index (χ0v) is 14.1. The first-order valence-corrected chi connectivity index (χ1v) is 7.86. The summed E-state index contributed by atoms with van der Waals surface area (Å²) in [7, 11) is 3.16. The Morgan fingerprint density at radius 1 is 1.17 bits per heavy atom. The Morgan fingerprint density at radius 2 is 1.88 bits per heavy atom. The molecule has 0 spiro atoms. The molecular formula is C19H21NO4. The summed E-state index contributed by atoms with van der Waals surface area (Å²) < 4.78 is 16.3. The van der Waals surface area contributed by atoms with Crippen molar-refractivity contribution >= 4 is 11.6 Å². The maximum atomic E-state index is 12.6. The number of nitrogens with one attached hydrogen (secondary N) is 1. The second kappa shape index (κ2) is 6.83. The molecule has 2 aromatic carbocycles. The number of rotatable bonds is 4. The summed E-state index contributed by atoms with van der Waals surface area (Å²) in [5.74, 6) is 1.82. The van der Waals surface area contributed by atoms with Crippen LogP contribution in [0, 0.1) is 12.8 Å². The maximum absolute atomic E-state index is 12.6. The summed E-state index contributed by atoms with van der Waals surface area (Å²) in [4.78, 5) is 12.6. The molecule has 0 radical (unpaired) electrons. The van der Waals surface area contributed by atoms with Gasteiger partial charge in [-0.3, -0.25) is 4.79 Å². The van der Waals surface area contributed by atoms with Gasteiger partial charge in [-0.2, -0.15) is 0 Å². The van der Waals surface area contributed by atoms with Crippen molar-refractivity contribution in [3.05, 3.63) is 47.5 Å². The first kappa shape index (κ1) is 16.2. The van der Waals surface area contributed by atoms with E-state index in [-0.39, 0.29) is 11.8 Å². The lowest BCUT2D eigenvalue weighted by atomic mass is 9.96. The zero-order chi connectivity index (χ0) is 17.1. The van der Waals surface area contributed by atoms with Gasteiger partial charge in [-0.15, -0.1) is 0 Å². The van der Waals surface area contributed by atoms with Gasteiger partial charge >= 0.3 is 0 Å². The quantitative estimate of drug-likeness (QED) is 0.937. The predicted octanol–water partition coefficient (Wildman–Crippen LogP) is 3.20. The van der Waals surface area contributed by atoms with E-state index in [0.717, 1.165) is 22.6 Å². The summed E-state index contributed by atoms with van der Waals surface area (Å²) in [6.07, 6.45) is 0.675. The highest BCUT2D eigenvalue weighted by Crippen LogP contribution is 2.33. The molecule has 2 aromatic rings. The standard InChI is InChI=1S/C19H21NO4/c1-12-8-17(22-2)18(23-3)10-15(12)20-19(21)14-9-13-6-4-5-7-16(13)24-11-14/h4-8,10,14H,9,11H2,1-3H3,(H,20,21). The van der Waals surface area contributed by atoms with E-state index >= 15 is 0 Å². The SMILES string of the molecule is COc1cc(C)c(NC(=O)C2COc3ccccc3C2)cc1OC. The van der Waals surface area contributed by atoms with Crippen LogP contribution in [-0.2, 0) is 11.2 Å². The third kappa shape index (κ3) is 3.15. The van der Waals surface area contributed by atoms with Gasteiger partial charge in [-0.25, -0.2) is 0 Å². The lowest BCUT2D eigenvalue weighted by Gasteiger charge is -2.25. The van der Waals surface area contributed by atoms with Crippen LogP contribution in [0.15, 0.2) is 36.4 Å². The van der Waals surface area contributed by atoms with Crippen molar-refractivity contribution in [1.29, 1.82) is 0 Å². The van der Waals surface area contributed by atoms with Gasteiger partial charge in [0.2, 0.25) is 5.91 Å². The lowest BCUT2D eigenvalue weighted by molar-refractivity contribution is -0.121. The molecule has 0 aliphatic carbocycles. The molecule has 1 aliphatic rings. The van der Waals surface area contributed by atoms with E-state index in [0.29, 0.717) is 24.5 Å². The van der Waals surface area contributed by atoms with Crippen LogP contribution in [0.1, 0.15) is 11.1 Å². The fourth-order valence-electron chi connectivity index (χ4n) is 2.85. The topological polar surface area (TPSA) is 56.8 Å². The van der Waals surface area contributed by atoms with Gasteiger partial charge in [0.1, 0.15) is 12.4 Å². The molecule has 5 nitrogen and oxygen atoms in total. The summed E-state index contributed by atoms with van der Waals surface area (Å²) >= 11 is 0. The van der Waals surface area contributed by atoms with E-state index in [2.05, 4.69) is 5.32 Å². The number of anilines is 1. The minimum absolute atomic E-state index is 0.0557. The maximum Gasteiger partial charge on any atom is 0.231 e. The first-order valence-electron chi connectivity index (χ1n) is 7.86. The van der Waals surface area contributed by atoms with Crippen LogP contribution in [0.2, 0.25) is 0 Å². The molecule has 1 amide bonds. The Balaban J connectivity index is 1.76. The number of ether oxygens (including phenoxy) is 3. The van der Waals surface area contributed by atoms with Crippen molar-refractivity contribution in [3.8, 4) is 17.2 Å². The van der Waals surface area contributed by atoms with E-state index in [1.165, 1.54) is 0 Å². The molecule has 0 aromatic heterocycles. The highest BCUT2D eigenvalue weighted by molar-refractivity contribution is 5.94. The Labute approximate surface area is 141 Å². The molecule has 1 atom stereocenters. The second-order valence-corrected chi connectivity index (χ2v) is 5.83. The largest absolute Gasteiger partial charge is 0.493 e. The van der Waals surface area contributed by atoms with E-state index in [9.17, 15) is 4.79 Å². The molecule has 0 saturated heterocycles. The number of fused-ring (bicyclic) bond motifs is 1. The van der Waals surface area contributed by atoms with Crippen LogP contribution in [0.5, 0.6) is 17.2 Å². The third-order valence-corrected chi connectivity index (χ3v) is 4.24. The fraction of sp³-hybridized carbons (Fsp3) is 0.316. The average Bonchev–Trinajstić information content (AvgIpc) is 2.62. The number of aryl methyl sites for hydroxylation is 1. The molecule has 126 valence electrons. The van der Waals surface area contributed by atoms with Crippen LogP contribution < -0.4 is 19.5 Å². The molecule has 3 rings (SSSR count). The number of benzene rings is 2. The van der Waals surface area contributed by atoms with Crippen LogP contribution in [-0.4, -0.2) is 26.7 Å². The molecule has 0 bridgehead atoms. The van der Waals surface area contributed by atoms with Gasteiger partial charge in [0.25, 0.3) is 0 Å². The summed E-state index contributed by atoms with van der Waals surface area (Å²) in [6.45, 7) is 2.30. The average molecular weight is 327 g/mol. The molecule has 5 heteroatoms. The summed E-state index contributed by atoms with van der Waals surface area (Å²) in [6, 6.07) is 11.5. The van der Waals surface area contributed by atoms with Crippen LogP contribution >= 0.6 is 0 Å². The number of hydrogen-bond acceptors (Lipinski definition) is 4. The van der Waals surface area contributed by atoms with Crippen LogP contribution in [0.3, 0.4) is 0 Å². The molecule has 1 N–H and O–H groups in total. The predicted molar refractivity (Wildman–Crippen MR) is 92.0 cm³/mol. The smallest absolute Gasteiger partial charge is 0.231 e. The van der Waals surface area contributed by atoms with Crippen molar-refractivity contribution in [1.82, 2.24) is 0 Å². The molecule has 1 unspecified atom stereocenters. The number of para-hydroxylation sites is 1. The van der Waals surface area contributed by atoms with E-state index < -0.39 is 0 Å². The van der Waals surface area contributed by atoms with Crippen molar-refractivity contribution in [2.45, 2.75) is 13.3 Å². The molecule has 24 heavy (non-hydrogen) atoms. The monoisotopic (exact) mass is 327 g/mol. The van der Waals surface area contributed by atoms with E-state index in [1.807, 2.05) is 37.3 Å². The number of amides is 1. The van der Waals surface area contributed by atoms with E-state index in [4.69, 9.17) is 14.2 Å². The number of carbonyl (C=O) groups is 1. The number of methoxy groups -OCH3 is 2. The molecule has 1 heterocycles. The molecule has 1 aliphatic heterocycles. The third-order valence-electron chi connectivity index (χ3n) is 4.24. The first-order chi connectivity index (χ1) is 11.6. The number of hydrogen-bond donors (Lipinski definition) is 1. The lowest BCUT2D eigenvalue weighted by Crippen LogP contribution is -2.32. The van der Waals surface area contributed by atoms with Gasteiger partial charge in [0, 0.05) is 11.8 Å². The van der Waals surface area contributed by atoms with Crippen molar-refractivity contribution in [3.63, 3.8) is 0 Å². The van der Waals surface area contributed by atoms with Gasteiger partial charge in [-0.05, 0) is 36.6 Å². The minimum Gasteiger partial charge on any atom is -0.493 e. The van der Waals surface area contributed by atoms with Crippen LogP contribution in [0.25, 0.3) is 0 Å². The molecule has 0 fully saturated rings. The Kier molecular flexibility index (Phi) is 4.60. The van der Waals surface area contributed by atoms with Gasteiger partial charge in [0.15, 0.2) is 11.5 Å². The minimum atomic E-state index is -0.215. The molecular weight excluding hydrogens is 306 g/mol. The normalized spacial score (nSPS) is 15.9. The van der Waals surface area contributed by atoms with Crippen LogP contribution in [0.4, 0.5) is 5.69 Å². The Bertz CT molecular complexity index is 757. The Morgan fingerprint density at radius 3 is 2.62 bits per heavy atom. The Hall–Kier alpha value is -2.69. The van der Waals surface area contributed by atoms with E-state index in [1.54, 1.807) is 20.3 Å². The van der Waals surface area contributed by atoms with Gasteiger partial charge < -0.3 is 19.5 Å². The molecule has 0 saturated carbocycles. The highest BCUT2D eigenvalue weighted by atomic mass is 16.5. The second-order valence-electron chi connectivity index (χ2n) is 5.83.